The highest BCUT2D eigenvalue weighted by Gasteiger charge is 2.27. The number of aryl methyl sites for hydroxylation is 2. The molecule has 0 unspecified atom stereocenters. The fourth-order valence-corrected chi connectivity index (χ4v) is 2.89. The monoisotopic (exact) mass is 251 g/mol. The molecule has 7 heteroatoms. The molecule has 1 aromatic heterocycles. The molecular formula is C8H10ClNO4S. The van der Waals surface area contributed by atoms with Crippen LogP contribution in [0.4, 0.5) is 0 Å². The standard InChI is InChI=1S/C8H10ClNO4S/c1-4-6(8(11)14-3)7(5(2)10-4)15(9,12)13/h10H,1-3H3. The Kier molecular flexibility index (Phi) is 3.11. The van der Waals surface area contributed by atoms with Gasteiger partial charge in [0.1, 0.15) is 10.5 Å². The zero-order chi connectivity index (χ0) is 11.8. The largest absolute Gasteiger partial charge is 0.465 e. The van der Waals surface area contributed by atoms with Gasteiger partial charge in [-0.3, -0.25) is 0 Å². The highest BCUT2D eigenvalue weighted by atomic mass is 35.7. The summed E-state index contributed by atoms with van der Waals surface area (Å²) in [4.78, 5) is 13.9. The molecule has 1 rings (SSSR count). The third-order valence-corrected chi connectivity index (χ3v) is 3.41. The van der Waals surface area contributed by atoms with Gasteiger partial charge in [0.25, 0.3) is 9.05 Å². The summed E-state index contributed by atoms with van der Waals surface area (Å²) in [5.74, 6) is -0.726. The number of carbonyl (C=O) groups is 1. The number of halogens is 1. The fourth-order valence-electron chi connectivity index (χ4n) is 1.41. The summed E-state index contributed by atoms with van der Waals surface area (Å²) >= 11 is 0. The Hall–Kier alpha value is -1.01. The van der Waals surface area contributed by atoms with Crippen LogP contribution in [-0.4, -0.2) is 26.5 Å². The summed E-state index contributed by atoms with van der Waals surface area (Å²) in [6.07, 6.45) is 0. The highest BCUT2D eigenvalue weighted by Crippen LogP contribution is 2.27. The van der Waals surface area contributed by atoms with Crippen molar-refractivity contribution in [3.63, 3.8) is 0 Å². The number of esters is 1. The van der Waals surface area contributed by atoms with E-state index in [9.17, 15) is 13.2 Å². The van der Waals surface area contributed by atoms with Crippen LogP contribution >= 0.6 is 10.7 Å². The number of aromatic amines is 1. The van der Waals surface area contributed by atoms with Crippen LogP contribution in [0.2, 0.25) is 0 Å². The van der Waals surface area contributed by atoms with Crippen molar-refractivity contribution in [3.05, 3.63) is 17.0 Å². The van der Waals surface area contributed by atoms with Gasteiger partial charge in [0, 0.05) is 22.1 Å². The second kappa shape index (κ2) is 3.86. The first-order chi connectivity index (χ1) is 6.79. The van der Waals surface area contributed by atoms with Gasteiger partial charge < -0.3 is 9.72 Å². The number of methoxy groups -OCH3 is 1. The van der Waals surface area contributed by atoms with Gasteiger partial charge in [0.15, 0.2) is 0 Å². The molecule has 1 heterocycles. The summed E-state index contributed by atoms with van der Waals surface area (Å²) in [5, 5.41) is 0. The van der Waals surface area contributed by atoms with Crippen LogP contribution in [0.25, 0.3) is 0 Å². The first-order valence-corrected chi connectivity index (χ1v) is 6.32. The van der Waals surface area contributed by atoms with Crippen molar-refractivity contribution in [3.8, 4) is 0 Å². The predicted molar refractivity (Wildman–Crippen MR) is 54.6 cm³/mol. The summed E-state index contributed by atoms with van der Waals surface area (Å²) in [6, 6.07) is 0. The van der Waals surface area contributed by atoms with E-state index in [-0.39, 0.29) is 10.5 Å². The van der Waals surface area contributed by atoms with Crippen molar-refractivity contribution >= 4 is 25.7 Å². The van der Waals surface area contributed by atoms with Crippen LogP contribution < -0.4 is 0 Å². The Morgan fingerprint density at radius 3 is 2.27 bits per heavy atom. The van der Waals surface area contributed by atoms with Crippen LogP contribution in [0.3, 0.4) is 0 Å². The second-order valence-electron chi connectivity index (χ2n) is 3.01. The molecule has 1 N–H and O–H groups in total. The van der Waals surface area contributed by atoms with E-state index in [1.807, 2.05) is 0 Å². The zero-order valence-corrected chi connectivity index (χ0v) is 9.99. The van der Waals surface area contributed by atoms with Crippen LogP contribution in [0.15, 0.2) is 4.90 Å². The van der Waals surface area contributed by atoms with E-state index in [0.717, 1.165) is 0 Å². The number of hydrogen-bond acceptors (Lipinski definition) is 4. The number of rotatable bonds is 2. The zero-order valence-electron chi connectivity index (χ0n) is 8.42. The average Bonchev–Trinajstić information content (AvgIpc) is 2.38. The van der Waals surface area contributed by atoms with Gasteiger partial charge in [-0.25, -0.2) is 13.2 Å². The van der Waals surface area contributed by atoms with Gasteiger partial charge in [-0.2, -0.15) is 0 Å². The number of H-pyrrole nitrogens is 1. The van der Waals surface area contributed by atoms with Crippen LogP contribution in [0.5, 0.6) is 0 Å². The summed E-state index contributed by atoms with van der Waals surface area (Å²) in [6.45, 7) is 3.10. The van der Waals surface area contributed by atoms with Gasteiger partial charge in [0.2, 0.25) is 0 Å². The molecule has 0 bridgehead atoms. The van der Waals surface area contributed by atoms with Gasteiger partial charge >= 0.3 is 5.97 Å². The number of carbonyl (C=O) groups excluding carboxylic acids is 1. The molecule has 84 valence electrons. The Labute approximate surface area is 91.8 Å². The Balaban J connectivity index is 3.58. The molecule has 0 spiro atoms. The van der Waals surface area contributed by atoms with Crippen LogP contribution in [-0.2, 0) is 13.8 Å². The molecule has 0 atom stereocenters. The van der Waals surface area contributed by atoms with E-state index in [1.54, 1.807) is 6.92 Å². The molecule has 0 saturated carbocycles. The third-order valence-electron chi connectivity index (χ3n) is 1.95. The maximum absolute atomic E-state index is 11.3. The maximum atomic E-state index is 11.3. The lowest BCUT2D eigenvalue weighted by Gasteiger charge is -2.00. The lowest BCUT2D eigenvalue weighted by atomic mass is 10.2. The molecule has 0 saturated heterocycles. The molecule has 0 aliphatic carbocycles. The van der Waals surface area contributed by atoms with Crippen LogP contribution in [0, 0.1) is 13.8 Å². The number of hydrogen-bond donors (Lipinski definition) is 1. The summed E-state index contributed by atoms with van der Waals surface area (Å²) in [7, 11) is 2.44. The van der Waals surface area contributed by atoms with E-state index >= 15 is 0 Å². The molecule has 0 fully saturated rings. The van der Waals surface area contributed by atoms with E-state index in [4.69, 9.17) is 10.7 Å². The van der Waals surface area contributed by atoms with Gasteiger partial charge in [0.05, 0.1) is 7.11 Å². The predicted octanol–water partition coefficient (Wildman–Crippen LogP) is 1.35. The molecule has 0 amide bonds. The highest BCUT2D eigenvalue weighted by molar-refractivity contribution is 8.13. The lowest BCUT2D eigenvalue weighted by molar-refractivity contribution is 0.0596. The maximum Gasteiger partial charge on any atom is 0.341 e. The lowest BCUT2D eigenvalue weighted by Crippen LogP contribution is -2.07. The number of nitrogens with one attached hydrogen (secondary N) is 1. The minimum atomic E-state index is -3.96. The Morgan fingerprint density at radius 2 is 1.87 bits per heavy atom. The number of aromatic nitrogens is 1. The topological polar surface area (TPSA) is 76.2 Å². The minimum absolute atomic E-state index is 0.0370. The molecule has 0 aliphatic rings. The smallest absolute Gasteiger partial charge is 0.341 e. The third kappa shape index (κ3) is 2.15. The van der Waals surface area contributed by atoms with Crippen molar-refractivity contribution in [2.24, 2.45) is 0 Å². The number of ether oxygens (including phenoxy) is 1. The van der Waals surface area contributed by atoms with Gasteiger partial charge in [-0.15, -0.1) is 0 Å². The van der Waals surface area contributed by atoms with E-state index in [0.29, 0.717) is 11.4 Å². The summed E-state index contributed by atoms with van der Waals surface area (Å²) in [5.41, 5.74) is 0.700. The van der Waals surface area contributed by atoms with E-state index in [1.165, 1.54) is 14.0 Å². The van der Waals surface area contributed by atoms with Crippen molar-refractivity contribution in [2.75, 3.05) is 7.11 Å². The minimum Gasteiger partial charge on any atom is -0.465 e. The van der Waals surface area contributed by atoms with Crippen LogP contribution in [0.1, 0.15) is 21.7 Å². The quantitative estimate of drug-likeness (QED) is 0.636. The summed E-state index contributed by atoms with van der Waals surface area (Å²) < 4.78 is 27.0. The average molecular weight is 252 g/mol. The molecule has 0 radical (unpaired) electrons. The Bertz CT molecular complexity index is 503. The molecule has 15 heavy (non-hydrogen) atoms. The normalized spacial score (nSPS) is 11.5. The van der Waals surface area contributed by atoms with Gasteiger partial charge in [-0.05, 0) is 13.8 Å². The SMILES string of the molecule is COC(=O)c1c(C)[nH]c(C)c1S(=O)(=O)Cl. The fraction of sp³-hybridized carbons (Fsp3) is 0.375. The molecule has 0 aliphatic heterocycles. The van der Waals surface area contributed by atoms with Crippen molar-refractivity contribution < 1.29 is 17.9 Å². The Morgan fingerprint density at radius 1 is 1.33 bits per heavy atom. The van der Waals surface area contributed by atoms with Crippen molar-refractivity contribution in [1.29, 1.82) is 0 Å². The molecule has 1 aromatic rings. The molecule has 5 nitrogen and oxygen atoms in total. The van der Waals surface area contributed by atoms with E-state index < -0.39 is 15.0 Å². The van der Waals surface area contributed by atoms with Crippen molar-refractivity contribution in [2.45, 2.75) is 18.7 Å². The first-order valence-electron chi connectivity index (χ1n) is 4.01. The second-order valence-corrected chi connectivity index (χ2v) is 5.51. The van der Waals surface area contributed by atoms with Crippen molar-refractivity contribution in [1.82, 2.24) is 4.98 Å². The van der Waals surface area contributed by atoms with E-state index in [2.05, 4.69) is 9.72 Å². The first kappa shape index (κ1) is 12.1. The van der Waals surface area contributed by atoms with Gasteiger partial charge in [-0.1, -0.05) is 0 Å². The molecular weight excluding hydrogens is 242 g/mol. The molecule has 0 aromatic carbocycles.